The molecule has 0 bridgehead atoms. The molecule has 0 aliphatic carbocycles. The van der Waals surface area contributed by atoms with Crippen LogP contribution in [0.3, 0.4) is 0 Å². The summed E-state index contributed by atoms with van der Waals surface area (Å²) in [7, 11) is 0. The first-order chi connectivity index (χ1) is 35.1. The Hall–Kier alpha value is -9.06. The molecule has 5 heteroatoms. The Morgan fingerprint density at radius 3 is 1.75 bits per heavy atom. The normalized spacial score (nSPS) is 15.3. The van der Waals surface area contributed by atoms with E-state index >= 15 is 0 Å². The van der Waals surface area contributed by atoms with Gasteiger partial charge in [-0.25, -0.2) is 4.99 Å². The number of aliphatic imine (C=N–C) groups is 2. The number of benzene rings is 11. The Kier molecular flexibility index (Phi) is 8.69. The number of aromatic nitrogens is 2. The van der Waals surface area contributed by atoms with E-state index in [1.165, 1.54) is 64.9 Å². The third kappa shape index (κ3) is 6.06. The quantitative estimate of drug-likeness (QED) is 0.164. The van der Waals surface area contributed by atoms with Crippen LogP contribution in [-0.4, -0.2) is 20.7 Å². The molecule has 1 aliphatic rings. The van der Waals surface area contributed by atoms with Crippen LogP contribution in [-0.2, 0) is 0 Å². The fraction of sp³-hybridized carbons (Fsp3) is 0.0606. The maximum atomic E-state index is 7.12. The minimum absolute atomic E-state index is 0.0240. The fourth-order valence-electron chi connectivity index (χ4n) is 11.9. The van der Waals surface area contributed by atoms with Crippen molar-refractivity contribution in [3.05, 3.63) is 241 Å². The van der Waals surface area contributed by atoms with Gasteiger partial charge in [0.1, 0.15) is 11.2 Å². The fourth-order valence-corrected chi connectivity index (χ4v) is 11.9. The molecule has 334 valence electrons. The molecule has 2 unspecified atom stereocenters. The van der Waals surface area contributed by atoms with E-state index in [1.807, 2.05) is 0 Å². The van der Waals surface area contributed by atoms with Crippen molar-refractivity contribution in [1.82, 2.24) is 9.13 Å². The van der Waals surface area contributed by atoms with Crippen LogP contribution in [0.4, 0.5) is 0 Å². The largest absolute Gasteiger partial charge is 0.455 e. The molecular formula is C66H44N4O. The smallest absolute Gasteiger partial charge is 0.161 e. The lowest BCUT2D eigenvalue weighted by molar-refractivity contribution is 0.533. The summed E-state index contributed by atoms with van der Waals surface area (Å²) in [6.07, 6.45) is 0.839. The van der Waals surface area contributed by atoms with Gasteiger partial charge in [0.2, 0.25) is 0 Å². The molecule has 0 spiro atoms. The second-order valence-corrected chi connectivity index (χ2v) is 19.1. The Balaban J connectivity index is 1.05. The highest BCUT2D eigenvalue weighted by Gasteiger charge is 2.35. The van der Waals surface area contributed by atoms with Crippen LogP contribution in [0.2, 0.25) is 0 Å². The Labute approximate surface area is 408 Å². The molecular weight excluding hydrogens is 865 g/mol. The third-order valence-electron chi connectivity index (χ3n) is 15.2. The number of hydrogen-bond acceptors (Lipinski definition) is 3. The summed E-state index contributed by atoms with van der Waals surface area (Å²) in [6.45, 7) is 2.28. The van der Waals surface area contributed by atoms with Gasteiger partial charge in [0, 0.05) is 43.9 Å². The molecule has 15 rings (SSSR count). The molecule has 11 aromatic carbocycles. The van der Waals surface area contributed by atoms with Gasteiger partial charge in [-0.05, 0) is 129 Å². The topological polar surface area (TPSA) is 47.7 Å². The third-order valence-corrected chi connectivity index (χ3v) is 15.2. The molecule has 0 saturated heterocycles. The first-order valence-electron chi connectivity index (χ1n) is 24.7. The Bertz CT molecular complexity index is 4490. The van der Waals surface area contributed by atoms with Gasteiger partial charge in [-0.2, -0.15) is 0 Å². The summed E-state index contributed by atoms with van der Waals surface area (Å²) in [5.74, 6) is 0.634. The lowest BCUT2D eigenvalue weighted by Gasteiger charge is -2.30. The van der Waals surface area contributed by atoms with Crippen molar-refractivity contribution < 1.29 is 4.42 Å². The molecule has 0 N–H and O–H groups in total. The summed E-state index contributed by atoms with van der Waals surface area (Å²) < 4.78 is 12.0. The zero-order chi connectivity index (χ0) is 46.7. The molecule has 0 fully saturated rings. The lowest BCUT2D eigenvalue weighted by Crippen LogP contribution is -2.28. The van der Waals surface area contributed by atoms with E-state index in [0.717, 1.165) is 73.2 Å². The predicted molar refractivity (Wildman–Crippen MR) is 297 cm³/mol. The highest BCUT2D eigenvalue weighted by atomic mass is 16.3. The van der Waals surface area contributed by atoms with Crippen LogP contribution in [0, 0.1) is 5.92 Å². The van der Waals surface area contributed by atoms with E-state index in [1.54, 1.807) is 0 Å². The first-order valence-corrected chi connectivity index (χ1v) is 24.7. The average Bonchev–Trinajstić information content (AvgIpc) is 4.08. The van der Waals surface area contributed by atoms with E-state index in [4.69, 9.17) is 14.4 Å². The summed E-state index contributed by atoms with van der Waals surface area (Å²) >= 11 is 0. The number of furan rings is 1. The van der Waals surface area contributed by atoms with Crippen LogP contribution in [0.25, 0.3) is 109 Å². The second-order valence-electron chi connectivity index (χ2n) is 19.1. The summed E-state index contributed by atoms with van der Waals surface area (Å²) in [6, 6.07) is 81.3. The zero-order valence-electron chi connectivity index (χ0n) is 38.9. The van der Waals surface area contributed by atoms with Gasteiger partial charge in [0.25, 0.3) is 0 Å². The number of rotatable bonds is 6. The number of hydrogen-bond donors (Lipinski definition) is 0. The van der Waals surface area contributed by atoms with Crippen molar-refractivity contribution in [1.29, 1.82) is 0 Å². The molecule has 5 nitrogen and oxygen atoms in total. The summed E-state index contributed by atoms with van der Waals surface area (Å²) in [5, 5.41) is 14.1. The monoisotopic (exact) mass is 908 g/mol. The SMILES string of the molecule is CCC1C(c2ccc3ccccc3c2)=NC(c2c(-n3c4cc5ccccc5cc4c4cc5ccccc5cc43)ccc3c2oc2ccccc23)=NC1c1ccc2c(c1)c1ccccc1n2-c1ccccc1. The Morgan fingerprint density at radius 2 is 1.03 bits per heavy atom. The summed E-state index contributed by atoms with van der Waals surface area (Å²) in [5.41, 5.74) is 12.4. The van der Waals surface area contributed by atoms with E-state index < -0.39 is 0 Å². The van der Waals surface area contributed by atoms with Gasteiger partial charge in [-0.15, -0.1) is 0 Å². The van der Waals surface area contributed by atoms with Crippen LogP contribution < -0.4 is 0 Å². The number of nitrogens with zero attached hydrogens (tertiary/aromatic N) is 4. The summed E-state index contributed by atoms with van der Waals surface area (Å²) in [4.78, 5) is 11.8. The maximum absolute atomic E-state index is 7.12. The average molecular weight is 909 g/mol. The molecule has 71 heavy (non-hydrogen) atoms. The first kappa shape index (κ1) is 39.9. The van der Waals surface area contributed by atoms with Crippen molar-refractivity contribution in [2.45, 2.75) is 19.4 Å². The standard InChI is InChI=1S/C66H44N4O/c1-2-49-63(46-29-28-40-16-6-7-17-41(40)34-46)67-66(68-64(49)47-30-32-57-53(37-47)50-24-12-14-26-56(50)69(57)48-22-4-3-5-23-48)62-58(33-31-52-51-25-13-15-27-61(51)71-65(52)62)70-59-38-44-20-10-8-18-42(44)35-54(59)55-36-43-19-9-11-21-45(43)39-60(55)70/h3-39,49,64H,2H2,1H3. The van der Waals surface area contributed by atoms with Crippen LogP contribution in [0.15, 0.2) is 239 Å². The maximum Gasteiger partial charge on any atom is 0.161 e. The molecule has 0 radical (unpaired) electrons. The van der Waals surface area contributed by atoms with Gasteiger partial charge in [-0.1, -0.05) is 153 Å². The van der Waals surface area contributed by atoms with Crippen molar-refractivity contribution in [2.75, 3.05) is 0 Å². The van der Waals surface area contributed by atoms with E-state index in [0.29, 0.717) is 5.84 Å². The molecule has 14 aromatic rings. The highest BCUT2D eigenvalue weighted by Crippen LogP contribution is 2.45. The lowest BCUT2D eigenvalue weighted by atomic mass is 9.82. The minimum atomic E-state index is -0.268. The van der Waals surface area contributed by atoms with Gasteiger partial charge in [-0.3, -0.25) is 4.99 Å². The molecule has 2 atom stereocenters. The van der Waals surface area contributed by atoms with Gasteiger partial charge in [0.05, 0.1) is 45.1 Å². The predicted octanol–water partition coefficient (Wildman–Crippen LogP) is 17.3. The van der Waals surface area contributed by atoms with Gasteiger partial charge in [0.15, 0.2) is 5.84 Å². The molecule has 0 saturated carbocycles. The second kappa shape index (κ2) is 15.5. The molecule has 0 amide bonds. The Morgan fingerprint density at radius 1 is 0.437 bits per heavy atom. The van der Waals surface area contributed by atoms with E-state index in [9.17, 15) is 0 Å². The van der Waals surface area contributed by atoms with E-state index in [2.05, 4.69) is 241 Å². The number of fused-ring (bicyclic) bond motifs is 12. The number of amidine groups is 1. The molecule has 1 aliphatic heterocycles. The van der Waals surface area contributed by atoms with Crippen LogP contribution in [0.5, 0.6) is 0 Å². The van der Waals surface area contributed by atoms with Crippen molar-refractivity contribution in [3.8, 4) is 11.4 Å². The van der Waals surface area contributed by atoms with Gasteiger partial charge < -0.3 is 13.6 Å². The number of para-hydroxylation sites is 3. The van der Waals surface area contributed by atoms with Crippen molar-refractivity contribution in [3.63, 3.8) is 0 Å². The minimum Gasteiger partial charge on any atom is -0.455 e. The van der Waals surface area contributed by atoms with E-state index in [-0.39, 0.29) is 12.0 Å². The molecule has 3 aromatic heterocycles. The van der Waals surface area contributed by atoms with Gasteiger partial charge >= 0.3 is 0 Å². The zero-order valence-corrected chi connectivity index (χ0v) is 38.9. The highest BCUT2D eigenvalue weighted by molar-refractivity contribution is 6.24. The van der Waals surface area contributed by atoms with Crippen LogP contribution >= 0.6 is 0 Å². The molecule has 4 heterocycles. The van der Waals surface area contributed by atoms with Crippen LogP contribution in [0.1, 0.15) is 36.1 Å². The van der Waals surface area contributed by atoms with Crippen molar-refractivity contribution in [2.24, 2.45) is 15.9 Å². The van der Waals surface area contributed by atoms with Crippen molar-refractivity contribution >= 4 is 109 Å².